The van der Waals surface area contributed by atoms with Crippen LogP contribution >= 0.6 is 0 Å². The van der Waals surface area contributed by atoms with Crippen LogP contribution in [0.15, 0.2) is 42.5 Å². The number of aromatic nitrogens is 1. The zero-order valence-corrected chi connectivity index (χ0v) is 14.2. The Morgan fingerprint density at radius 3 is 2.04 bits per heavy atom. The number of methoxy groups -OCH3 is 3. The van der Waals surface area contributed by atoms with Gasteiger partial charge in [-0.1, -0.05) is 24.3 Å². The van der Waals surface area contributed by atoms with Gasteiger partial charge < -0.3 is 18.8 Å². The van der Waals surface area contributed by atoms with Crippen LogP contribution in [0.25, 0.3) is 32.6 Å². The molecule has 1 heterocycles. The van der Waals surface area contributed by atoms with Crippen molar-refractivity contribution in [3.8, 4) is 17.2 Å². The second-order valence-corrected chi connectivity index (χ2v) is 5.78. The predicted octanol–water partition coefficient (Wildman–Crippen LogP) is 4.51. The molecule has 4 aromatic rings. The molecule has 24 heavy (non-hydrogen) atoms. The van der Waals surface area contributed by atoms with Crippen LogP contribution in [0.5, 0.6) is 17.2 Å². The van der Waals surface area contributed by atoms with Gasteiger partial charge in [-0.2, -0.15) is 0 Å². The highest BCUT2D eigenvalue weighted by atomic mass is 16.5. The molecule has 0 unspecified atom stereocenters. The monoisotopic (exact) mass is 321 g/mol. The summed E-state index contributed by atoms with van der Waals surface area (Å²) in [6.07, 6.45) is 0. The molecule has 0 saturated heterocycles. The van der Waals surface area contributed by atoms with Crippen LogP contribution in [0.1, 0.15) is 0 Å². The lowest BCUT2D eigenvalue weighted by molar-refractivity contribution is 0.415. The second kappa shape index (κ2) is 5.34. The normalized spacial score (nSPS) is 11.3. The summed E-state index contributed by atoms with van der Waals surface area (Å²) in [6.45, 7) is 0. The minimum atomic E-state index is 0.830. The molecule has 0 atom stereocenters. The molecule has 0 radical (unpaired) electrons. The van der Waals surface area contributed by atoms with Crippen molar-refractivity contribution in [3.63, 3.8) is 0 Å². The summed E-state index contributed by atoms with van der Waals surface area (Å²) in [7, 11) is 7.15. The summed E-state index contributed by atoms with van der Waals surface area (Å²) in [5, 5.41) is 4.28. The zero-order valence-electron chi connectivity index (χ0n) is 14.2. The van der Waals surface area contributed by atoms with Crippen LogP contribution in [0.3, 0.4) is 0 Å². The summed E-state index contributed by atoms with van der Waals surface area (Å²) in [5.41, 5.74) is 2.10. The molecule has 0 saturated carbocycles. The predicted molar refractivity (Wildman–Crippen MR) is 97.6 cm³/mol. The quantitative estimate of drug-likeness (QED) is 0.556. The lowest BCUT2D eigenvalue weighted by atomic mass is 10.0. The Morgan fingerprint density at radius 2 is 1.42 bits per heavy atom. The Balaban J connectivity index is 2.33. The van der Waals surface area contributed by atoms with Gasteiger partial charge in [-0.3, -0.25) is 0 Å². The highest BCUT2D eigenvalue weighted by Crippen LogP contribution is 2.46. The van der Waals surface area contributed by atoms with Crippen LogP contribution in [-0.2, 0) is 7.05 Å². The largest absolute Gasteiger partial charge is 0.497 e. The molecular weight excluding hydrogens is 302 g/mol. The van der Waals surface area contributed by atoms with E-state index in [1.807, 2.05) is 31.3 Å². The van der Waals surface area contributed by atoms with Crippen LogP contribution in [0, 0.1) is 0 Å². The summed E-state index contributed by atoms with van der Waals surface area (Å²) in [4.78, 5) is 0. The van der Waals surface area contributed by atoms with Gasteiger partial charge in [-0.25, -0.2) is 0 Å². The van der Waals surface area contributed by atoms with Crippen LogP contribution < -0.4 is 14.2 Å². The number of hydrogen-bond acceptors (Lipinski definition) is 3. The van der Waals surface area contributed by atoms with Crippen LogP contribution in [-0.4, -0.2) is 25.9 Å². The third-order valence-corrected chi connectivity index (χ3v) is 4.67. The van der Waals surface area contributed by atoms with E-state index in [2.05, 4.69) is 22.8 Å². The Bertz CT molecular complexity index is 1080. The van der Waals surface area contributed by atoms with Crippen molar-refractivity contribution in [3.05, 3.63) is 42.5 Å². The molecule has 3 aromatic carbocycles. The fourth-order valence-corrected chi connectivity index (χ4v) is 3.60. The molecule has 4 nitrogen and oxygen atoms in total. The van der Waals surface area contributed by atoms with Crippen molar-refractivity contribution in [2.45, 2.75) is 0 Å². The van der Waals surface area contributed by atoms with Gasteiger partial charge in [0.05, 0.1) is 37.7 Å². The number of aryl methyl sites for hydroxylation is 1. The Morgan fingerprint density at radius 1 is 0.750 bits per heavy atom. The minimum absolute atomic E-state index is 0.830. The third-order valence-electron chi connectivity index (χ3n) is 4.67. The number of benzene rings is 3. The molecule has 1 aromatic heterocycles. The van der Waals surface area contributed by atoms with Crippen LogP contribution in [0.2, 0.25) is 0 Å². The van der Waals surface area contributed by atoms with E-state index in [1.165, 1.54) is 0 Å². The topological polar surface area (TPSA) is 32.6 Å². The van der Waals surface area contributed by atoms with Gasteiger partial charge in [0.25, 0.3) is 0 Å². The maximum atomic E-state index is 5.82. The first-order valence-electron chi connectivity index (χ1n) is 7.80. The molecule has 0 N–H and O–H groups in total. The summed E-state index contributed by atoms with van der Waals surface area (Å²) < 4.78 is 19.1. The molecule has 0 spiro atoms. The highest BCUT2D eigenvalue weighted by Gasteiger charge is 2.21. The van der Waals surface area contributed by atoms with Crippen molar-refractivity contribution >= 4 is 32.6 Å². The number of hydrogen-bond donors (Lipinski definition) is 0. The molecule has 0 aliphatic carbocycles. The van der Waals surface area contributed by atoms with Gasteiger partial charge in [-0.15, -0.1) is 0 Å². The van der Waals surface area contributed by atoms with E-state index in [0.29, 0.717) is 0 Å². The Labute approximate surface area is 140 Å². The van der Waals surface area contributed by atoms with Gasteiger partial charge in [0.1, 0.15) is 11.5 Å². The average Bonchev–Trinajstić information content (AvgIpc) is 2.92. The lowest BCUT2D eigenvalue weighted by Crippen LogP contribution is -1.95. The van der Waals surface area contributed by atoms with E-state index in [9.17, 15) is 0 Å². The van der Waals surface area contributed by atoms with E-state index in [1.54, 1.807) is 21.3 Å². The van der Waals surface area contributed by atoms with Crippen LogP contribution in [0.4, 0.5) is 0 Å². The van der Waals surface area contributed by atoms with Gasteiger partial charge in [0.15, 0.2) is 5.75 Å². The van der Waals surface area contributed by atoms with E-state index < -0.39 is 0 Å². The Hall–Kier alpha value is -2.88. The number of fused-ring (bicyclic) bond motifs is 4. The molecule has 122 valence electrons. The molecule has 0 bridgehead atoms. The Kier molecular flexibility index (Phi) is 3.27. The van der Waals surface area contributed by atoms with E-state index in [-0.39, 0.29) is 0 Å². The van der Waals surface area contributed by atoms with Crippen molar-refractivity contribution in [1.82, 2.24) is 4.57 Å². The first kappa shape index (κ1) is 14.7. The van der Waals surface area contributed by atoms with Gasteiger partial charge in [-0.05, 0) is 12.1 Å². The maximum absolute atomic E-state index is 5.82. The zero-order chi connectivity index (χ0) is 16.8. The summed E-state index contributed by atoms with van der Waals surface area (Å²) in [5.74, 6) is 2.56. The summed E-state index contributed by atoms with van der Waals surface area (Å²) >= 11 is 0. The maximum Gasteiger partial charge on any atom is 0.151 e. The fourth-order valence-electron chi connectivity index (χ4n) is 3.60. The molecule has 4 rings (SSSR count). The van der Waals surface area contributed by atoms with E-state index >= 15 is 0 Å². The van der Waals surface area contributed by atoms with E-state index in [0.717, 1.165) is 49.8 Å². The molecule has 4 heteroatoms. The van der Waals surface area contributed by atoms with Crippen molar-refractivity contribution in [2.75, 3.05) is 21.3 Å². The molecule has 0 fully saturated rings. The number of rotatable bonds is 3. The van der Waals surface area contributed by atoms with Crippen molar-refractivity contribution in [2.24, 2.45) is 7.05 Å². The first-order chi connectivity index (χ1) is 11.7. The smallest absolute Gasteiger partial charge is 0.151 e. The number of nitrogens with zero attached hydrogens (tertiary/aromatic N) is 1. The molecule has 0 amide bonds. The standard InChI is InChI=1S/C20H19NO3/c1-21-16-11-12(22-2)9-10-15(16)17-18(21)20(24-4)14-8-6-5-7-13(14)19(17)23-3/h5-11H,1-4H3. The van der Waals surface area contributed by atoms with Gasteiger partial charge >= 0.3 is 0 Å². The van der Waals surface area contributed by atoms with Crippen molar-refractivity contribution < 1.29 is 14.2 Å². The van der Waals surface area contributed by atoms with E-state index in [4.69, 9.17) is 14.2 Å². The van der Waals surface area contributed by atoms with Crippen molar-refractivity contribution in [1.29, 1.82) is 0 Å². The molecule has 0 aliphatic heterocycles. The average molecular weight is 321 g/mol. The number of ether oxygens (including phenoxy) is 3. The molecular formula is C20H19NO3. The molecule has 0 aliphatic rings. The first-order valence-corrected chi connectivity index (χ1v) is 7.80. The minimum Gasteiger partial charge on any atom is -0.497 e. The fraction of sp³-hybridized carbons (Fsp3) is 0.200. The highest BCUT2D eigenvalue weighted by molar-refractivity contribution is 6.21. The third kappa shape index (κ3) is 1.80. The second-order valence-electron chi connectivity index (χ2n) is 5.78. The van der Waals surface area contributed by atoms with Gasteiger partial charge in [0.2, 0.25) is 0 Å². The summed E-state index contributed by atoms with van der Waals surface area (Å²) in [6, 6.07) is 14.3. The lowest BCUT2D eigenvalue weighted by Gasteiger charge is -2.13. The van der Waals surface area contributed by atoms with Gasteiger partial charge in [0, 0.05) is 29.3 Å². The SMILES string of the molecule is COc1ccc2c3c(OC)c4ccccc4c(OC)c3n(C)c2c1.